The number of carbonyl (C=O) groups excluding carboxylic acids is 1. The number of para-hydroxylation sites is 1. The lowest BCUT2D eigenvalue weighted by Gasteiger charge is -2.32. The first-order valence-corrected chi connectivity index (χ1v) is 9.94. The Labute approximate surface area is 161 Å². The van der Waals surface area contributed by atoms with E-state index in [4.69, 9.17) is 4.74 Å². The van der Waals surface area contributed by atoms with E-state index in [-0.39, 0.29) is 5.41 Å². The van der Waals surface area contributed by atoms with Gasteiger partial charge in [-0.2, -0.15) is 0 Å². The van der Waals surface area contributed by atoms with Crippen molar-refractivity contribution >= 4 is 5.91 Å². The molecule has 1 amide bonds. The second-order valence-corrected chi connectivity index (χ2v) is 7.78. The molecule has 0 saturated carbocycles. The number of methoxy groups -OCH3 is 1. The van der Waals surface area contributed by atoms with Gasteiger partial charge < -0.3 is 15.0 Å². The number of carbonyl (C=O) groups is 1. The van der Waals surface area contributed by atoms with Crippen LogP contribution in [0.3, 0.4) is 0 Å². The number of nitrogens with zero attached hydrogens (tertiary/aromatic N) is 1. The van der Waals surface area contributed by atoms with Crippen LogP contribution in [-0.4, -0.2) is 44.1 Å². The molecule has 2 aliphatic heterocycles. The summed E-state index contributed by atoms with van der Waals surface area (Å²) in [7, 11) is 1.70. The molecular weight excluding hydrogens is 336 g/mol. The molecule has 1 unspecified atom stereocenters. The van der Waals surface area contributed by atoms with E-state index in [0.717, 1.165) is 68.7 Å². The Kier molecular flexibility index (Phi) is 5.17. The fourth-order valence-corrected chi connectivity index (χ4v) is 4.53. The standard InChI is InChI=1S/C23H28N2O2/c1-27-21-10-3-2-9-20(21)19-8-6-7-18(15-19)16-23(11-12-24-17-23)22(26)25-13-4-5-14-25/h2-3,6-10,15,24H,4-5,11-14,16-17H2,1H3. The molecule has 2 fully saturated rings. The molecule has 1 atom stereocenters. The highest BCUT2D eigenvalue weighted by Gasteiger charge is 2.44. The van der Waals surface area contributed by atoms with Crippen LogP contribution in [0, 0.1) is 5.41 Å². The number of likely N-dealkylation sites (tertiary alicyclic amines) is 1. The maximum absolute atomic E-state index is 13.3. The van der Waals surface area contributed by atoms with Crippen molar-refractivity contribution in [2.24, 2.45) is 5.41 Å². The van der Waals surface area contributed by atoms with Crippen molar-refractivity contribution in [2.75, 3.05) is 33.3 Å². The first-order valence-electron chi connectivity index (χ1n) is 9.94. The van der Waals surface area contributed by atoms with Crippen molar-refractivity contribution < 1.29 is 9.53 Å². The van der Waals surface area contributed by atoms with Crippen LogP contribution in [0.15, 0.2) is 48.5 Å². The monoisotopic (exact) mass is 364 g/mol. The van der Waals surface area contributed by atoms with E-state index >= 15 is 0 Å². The van der Waals surface area contributed by atoms with Crippen molar-refractivity contribution in [2.45, 2.75) is 25.7 Å². The molecule has 4 nitrogen and oxygen atoms in total. The molecule has 2 aliphatic rings. The van der Waals surface area contributed by atoms with Crippen molar-refractivity contribution in [1.82, 2.24) is 10.2 Å². The van der Waals surface area contributed by atoms with Crippen molar-refractivity contribution in [1.29, 1.82) is 0 Å². The molecule has 27 heavy (non-hydrogen) atoms. The van der Waals surface area contributed by atoms with E-state index in [1.54, 1.807) is 7.11 Å². The Bertz CT molecular complexity index is 806. The summed E-state index contributed by atoms with van der Waals surface area (Å²) >= 11 is 0. The maximum Gasteiger partial charge on any atom is 0.230 e. The van der Waals surface area contributed by atoms with Gasteiger partial charge in [-0.3, -0.25) is 4.79 Å². The fraction of sp³-hybridized carbons (Fsp3) is 0.435. The highest BCUT2D eigenvalue weighted by Crippen LogP contribution is 2.36. The van der Waals surface area contributed by atoms with E-state index in [2.05, 4.69) is 40.5 Å². The lowest BCUT2D eigenvalue weighted by atomic mass is 9.79. The van der Waals surface area contributed by atoms with Gasteiger partial charge in [0, 0.05) is 25.2 Å². The van der Waals surface area contributed by atoms with E-state index < -0.39 is 0 Å². The molecule has 0 bridgehead atoms. The van der Waals surface area contributed by atoms with Gasteiger partial charge in [0.05, 0.1) is 12.5 Å². The van der Waals surface area contributed by atoms with Gasteiger partial charge in [-0.05, 0) is 49.4 Å². The quantitative estimate of drug-likeness (QED) is 0.883. The number of benzene rings is 2. The Morgan fingerprint density at radius 2 is 1.96 bits per heavy atom. The molecule has 2 aromatic carbocycles. The summed E-state index contributed by atoms with van der Waals surface area (Å²) in [6.07, 6.45) is 3.98. The Morgan fingerprint density at radius 1 is 1.15 bits per heavy atom. The van der Waals surface area contributed by atoms with Gasteiger partial charge in [-0.15, -0.1) is 0 Å². The van der Waals surface area contributed by atoms with Gasteiger partial charge in [0.25, 0.3) is 0 Å². The molecule has 4 heteroatoms. The molecule has 0 aromatic heterocycles. The zero-order valence-electron chi connectivity index (χ0n) is 16.0. The number of hydrogen-bond donors (Lipinski definition) is 1. The molecule has 0 aliphatic carbocycles. The van der Waals surface area contributed by atoms with Gasteiger partial charge in [0.15, 0.2) is 0 Å². The van der Waals surface area contributed by atoms with Gasteiger partial charge >= 0.3 is 0 Å². The van der Waals surface area contributed by atoms with Crippen molar-refractivity contribution in [3.05, 3.63) is 54.1 Å². The minimum Gasteiger partial charge on any atom is -0.496 e. The van der Waals surface area contributed by atoms with Crippen LogP contribution in [-0.2, 0) is 11.2 Å². The van der Waals surface area contributed by atoms with E-state index in [0.29, 0.717) is 5.91 Å². The second kappa shape index (κ2) is 7.73. The summed E-state index contributed by atoms with van der Waals surface area (Å²) in [5, 5.41) is 3.43. The fourth-order valence-electron chi connectivity index (χ4n) is 4.53. The van der Waals surface area contributed by atoms with E-state index in [1.165, 1.54) is 5.56 Å². The molecule has 0 spiro atoms. The average molecular weight is 364 g/mol. The third-order valence-electron chi connectivity index (χ3n) is 5.98. The average Bonchev–Trinajstić information content (AvgIpc) is 3.40. The van der Waals surface area contributed by atoms with Gasteiger partial charge in [0.2, 0.25) is 5.91 Å². The van der Waals surface area contributed by atoms with E-state index in [9.17, 15) is 4.79 Å². The summed E-state index contributed by atoms with van der Waals surface area (Å²) in [6, 6.07) is 16.7. The zero-order valence-corrected chi connectivity index (χ0v) is 16.0. The third kappa shape index (κ3) is 3.59. The minimum absolute atomic E-state index is 0.302. The molecule has 4 rings (SSSR count). The van der Waals surface area contributed by atoms with Crippen LogP contribution >= 0.6 is 0 Å². The first kappa shape index (κ1) is 18.1. The Hall–Kier alpha value is -2.33. The topological polar surface area (TPSA) is 41.6 Å². The summed E-state index contributed by atoms with van der Waals surface area (Å²) in [5.74, 6) is 1.22. The molecule has 142 valence electrons. The molecular formula is C23H28N2O2. The smallest absolute Gasteiger partial charge is 0.230 e. The minimum atomic E-state index is -0.302. The predicted molar refractivity (Wildman–Crippen MR) is 108 cm³/mol. The number of hydrogen-bond acceptors (Lipinski definition) is 3. The lowest BCUT2D eigenvalue weighted by molar-refractivity contribution is -0.140. The number of nitrogens with one attached hydrogen (secondary N) is 1. The SMILES string of the molecule is COc1ccccc1-c1cccc(CC2(C(=O)N3CCCC3)CCNC2)c1. The largest absolute Gasteiger partial charge is 0.496 e. The molecule has 1 N–H and O–H groups in total. The summed E-state index contributed by atoms with van der Waals surface area (Å²) < 4.78 is 5.53. The first-order chi connectivity index (χ1) is 13.2. The number of ether oxygens (including phenoxy) is 1. The van der Waals surface area contributed by atoms with Crippen LogP contribution in [0.5, 0.6) is 5.75 Å². The van der Waals surface area contributed by atoms with Gasteiger partial charge in [0.1, 0.15) is 5.75 Å². The zero-order chi connectivity index (χ0) is 18.7. The van der Waals surface area contributed by atoms with Gasteiger partial charge in [-0.25, -0.2) is 0 Å². The summed E-state index contributed by atoms with van der Waals surface area (Å²) in [6.45, 7) is 3.54. The highest BCUT2D eigenvalue weighted by molar-refractivity contribution is 5.84. The van der Waals surface area contributed by atoms with Gasteiger partial charge in [-0.1, -0.05) is 42.5 Å². The molecule has 2 heterocycles. The molecule has 2 aromatic rings. The molecule has 2 saturated heterocycles. The van der Waals surface area contributed by atoms with Crippen LogP contribution in [0.4, 0.5) is 0 Å². The maximum atomic E-state index is 13.3. The lowest BCUT2D eigenvalue weighted by Crippen LogP contribution is -2.45. The highest BCUT2D eigenvalue weighted by atomic mass is 16.5. The Balaban J connectivity index is 1.62. The summed E-state index contributed by atoms with van der Waals surface area (Å²) in [5.41, 5.74) is 3.14. The summed E-state index contributed by atoms with van der Waals surface area (Å²) in [4.78, 5) is 15.4. The van der Waals surface area contributed by atoms with Crippen molar-refractivity contribution in [3.63, 3.8) is 0 Å². The van der Waals surface area contributed by atoms with Crippen LogP contribution in [0.2, 0.25) is 0 Å². The predicted octanol–water partition coefficient (Wildman–Crippen LogP) is 3.51. The van der Waals surface area contributed by atoms with E-state index in [1.807, 2.05) is 18.2 Å². The number of amides is 1. The normalized spacial score (nSPS) is 22.2. The van der Waals surface area contributed by atoms with Crippen LogP contribution in [0.25, 0.3) is 11.1 Å². The third-order valence-corrected chi connectivity index (χ3v) is 5.98. The molecule has 0 radical (unpaired) electrons. The Morgan fingerprint density at radius 3 is 2.70 bits per heavy atom. The van der Waals surface area contributed by atoms with Crippen molar-refractivity contribution in [3.8, 4) is 16.9 Å². The number of rotatable bonds is 5. The van der Waals surface area contributed by atoms with Crippen LogP contribution < -0.4 is 10.1 Å². The second-order valence-electron chi connectivity index (χ2n) is 7.78. The van der Waals surface area contributed by atoms with Crippen LogP contribution in [0.1, 0.15) is 24.8 Å².